The van der Waals surface area contributed by atoms with Crippen LogP contribution < -0.4 is 5.73 Å². The summed E-state index contributed by atoms with van der Waals surface area (Å²) in [6.45, 7) is 4.18. The maximum Gasteiger partial charge on any atom is 0.0343 e. The molecule has 0 atom stereocenters. The molecule has 0 aliphatic carbocycles. The predicted molar refractivity (Wildman–Crippen MR) is 45.0 cm³/mol. The molecule has 2 N–H and O–H groups in total. The Balaban J connectivity index is 3.04. The summed E-state index contributed by atoms with van der Waals surface area (Å²) in [5.74, 6) is 0. The third-order valence-electron chi connectivity index (χ3n) is 1.74. The highest BCUT2D eigenvalue weighted by Gasteiger charge is 1.92. The second-order valence-corrected chi connectivity index (χ2v) is 2.54. The number of nitrogen functional groups attached to an aromatic ring is 1. The SMILES string of the molecule is CCc1ccc(N)c(C)c1. The van der Waals surface area contributed by atoms with Gasteiger partial charge in [0, 0.05) is 5.69 Å². The van der Waals surface area contributed by atoms with E-state index >= 15 is 0 Å². The highest BCUT2D eigenvalue weighted by atomic mass is 14.5. The Hall–Kier alpha value is -0.980. The van der Waals surface area contributed by atoms with Crippen molar-refractivity contribution in [3.05, 3.63) is 29.3 Å². The van der Waals surface area contributed by atoms with E-state index in [1.165, 1.54) is 11.1 Å². The van der Waals surface area contributed by atoms with E-state index in [1.807, 2.05) is 13.0 Å². The van der Waals surface area contributed by atoms with Gasteiger partial charge in [0.1, 0.15) is 0 Å². The molecule has 54 valence electrons. The molecule has 1 aromatic carbocycles. The van der Waals surface area contributed by atoms with Crippen LogP contribution in [0, 0.1) is 6.92 Å². The van der Waals surface area contributed by atoms with E-state index in [2.05, 4.69) is 19.1 Å². The van der Waals surface area contributed by atoms with Crippen LogP contribution in [0.3, 0.4) is 0 Å². The first-order valence-corrected chi connectivity index (χ1v) is 3.59. The molecule has 0 spiro atoms. The number of anilines is 1. The van der Waals surface area contributed by atoms with Gasteiger partial charge in [-0.05, 0) is 30.5 Å². The zero-order valence-corrected chi connectivity index (χ0v) is 6.52. The number of rotatable bonds is 1. The minimum absolute atomic E-state index is 0.886. The molecule has 1 heteroatoms. The van der Waals surface area contributed by atoms with Gasteiger partial charge in [-0.2, -0.15) is 0 Å². The highest BCUT2D eigenvalue weighted by Crippen LogP contribution is 2.12. The van der Waals surface area contributed by atoms with Crippen LogP contribution in [0.25, 0.3) is 0 Å². The van der Waals surface area contributed by atoms with Crippen LogP contribution in [0.5, 0.6) is 0 Å². The molecule has 0 saturated heterocycles. The summed E-state index contributed by atoms with van der Waals surface area (Å²) in [6, 6.07) is 6.17. The lowest BCUT2D eigenvalue weighted by Gasteiger charge is -2.01. The molecule has 0 aliphatic rings. The van der Waals surface area contributed by atoms with Gasteiger partial charge in [-0.1, -0.05) is 19.1 Å². The average Bonchev–Trinajstić information content (AvgIpc) is 1.95. The molecular formula is C9H13N. The molecule has 0 radical (unpaired) electrons. The van der Waals surface area contributed by atoms with Crippen LogP contribution in [-0.4, -0.2) is 0 Å². The van der Waals surface area contributed by atoms with E-state index in [1.54, 1.807) is 0 Å². The molecule has 1 aromatic rings. The smallest absolute Gasteiger partial charge is 0.0343 e. The fraction of sp³-hybridized carbons (Fsp3) is 0.333. The first-order chi connectivity index (χ1) is 4.74. The summed E-state index contributed by atoms with van der Waals surface area (Å²) < 4.78 is 0. The Labute approximate surface area is 61.9 Å². The predicted octanol–water partition coefficient (Wildman–Crippen LogP) is 2.14. The Bertz CT molecular complexity index is 228. The van der Waals surface area contributed by atoms with Crippen molar-refractivity contribution in [2.75, 3.05) is 5.73 Å². The van der Waals surface area contributed by atoms with E-state index in [4.69, 9.17) is 5.73 Å². The summed E-state index contributed by atoms with van der Waals surface area (Å²) >= 11 is 0. The molecule has 0 unspecified atom stereocenters. The molecule has 0 fully saturated rings. The molecule has 0 bridgehead atoms. The van der Waals surface area contributed by atoms with Crippen LogP contribution >= 0.6 is 0 Å². The van der Waals surface area contributed by atoms with Crippen molar-refractivity contribution >= 4 is 5.69 Å². The first-order valence-electron chi connectivity index (χ1n) is 3.59. The van der Waals surface area contributed by atoms with Gasteiger partial charge in [-0.15, -0.1) is 0 Å². The van der Waals surface area contributed by atoms with Gasteiger partial charge in [-0.25, -0.2) is 0 Å². The molecule has 10 heavy (non-hydrogen) atoms. The van der Waals surface area contributed by atoms with Crippen molar-refractivity contribution in [2.24, 2.45) is 0 Å². The topological polar surface area (TPSA) is 26.0 Å². The van der Waals surface area contributed by atoms with Crippen molar-refractivity contribution in [3.63, 3.8) is 0 Å². The standard InChI is InChI=1S/C9H13N/c1-3-8-4-5-9(10)7(2)6-8/h4-6H,3,10H2,1-2H3. The third kappa shape index (κ3) is 1.29. The molecule has 0 heterocycles. The molecule has 0 amide bonds. The van der Waals surface area contributed by atoms with Gasteiger partial charge in [0.05, 0.1) is 0 Å². The summed E-state index contributed by atoms with van der Waals surface area (Å²) in [4.78, 5) is 0. The lowest BCUT2D eigenvalue weighted by atomic mass is 10.1. The Morgan fingerprint density at radius 1 is 1.40 bits per heavy atom. The number of benzene rings is 1. The van der Waals surface area contributed by atoms with Gasteiger partial charge in [0.15, 0.2) is 0 Å². The van der Waals surface area contributed by atoms with E-state index in [9.17, 15) is 0 Å². The quantitative estimate of drug-likeness (QED) is 0.586. The van der Waals surface area contributed by atoms with Gasteiger partial charge < -0.3 is 5.73 Å². The van der Waals surface area contributed by atoms with E-state index < -0.39 is 0 Å². The molecule has 0 saturated carbocycles. The fourth-order valence-corrected chi connectivity index (χ4v) is 0.958. The number of hydrogen-bond donors (Lipinski definition) is 1. The average molecular weight is 135 g/mol. The summed E-state index contributed by atoms with van der Waals surface area (Å²) in [5, 5.41) is 0. The van der Waals surface area contributed by atoms with E-state index in [0.717, 1.165) is 12.1 Å². The van der Waals surface area contributed by atoms with E-state index in [-0.39, 0.29) is 0 Å². The van der Waals surface area contributed by atoms with Crippen molar-refractivity contribution in [1.29, 1.82) is 0 Å². The Kier molecular flexibility index (Phi) is 1.95. The first kappa shape index (κ1) is 7.13. The number of aryl methyl sites for hydroxylation is 2. The van der Waals surface area contributed by atoms with Crippen LogP contribution in [0.15, 0.2) is 18.2 Å². The van der Waals surface area contributed by atoms with Crippen LogP contribution in [0.1, 0.15) is 18.1 Å². The van der Waals surface area contributed by atoms with Crippen LogP contribution in [0.2, 0.25) is 0 Å². The van der Waals surface area contributed by atoms with Gasteiger partial charge in [0.2, 0.25) is 0 Å². The summed E-state index contributed by atoms with van der Waals surface area (Å²) in [7, 11) is 0. The highest BCUT2D eigenvalue weighted by molar-refractivity contribution is 5.47. The zero-order valence-electron chi connectivity index (χ0n) is 6.52. The largest absolute Gasteiger partial charge is 0.399 e. The lowest BCUT2D eigenvalue weighted by Crippen LogP contribution is -1.90. The Morgan fingerprint density at radius 2 is 2.10 bits per heavy atom. The van der Waals surface area contributed by atoms with Crippen molar-refractivity contribution in [2.45, 2.75) is 20.3 Å². The van der Waals surface area contributed by atoms with Crippen LogP contribution in [-0.2, 0) is 6.42 Å². The maximum absolute atomic E-state index is 5.64. The molecule has 1 rings (SSSR count). The molecule has 0 aliphatic heterocycles. The van der Waals surface area contributed by atoms with E-state index in [0.29, 0.717) is 0 Å². The van der Waals surface area contributed by atoms with Crippen molar-refractivity contribution in [3.8, 4) is 0 Å². The van der Waals surface area contributed by atoms with Crippen LogP contribution in [0.4, 0.5) is 5.69 Å². The second kappa shape index (κ2) is 2.74. The zero-order chi connectivity index (χ0) is 7.56. The van der Waals surface area contributed by atoms with Crippen molar-refractivity contribution in [1.82, 2.24) is 0 Å². The van der Waals surface area contributed by atoms with Crippen molar-refractivity contribution < 1.29 is 0 Å². The number of hydrogen-bond acceptors (Lipinski definition) is 1. The monoisotopic (exact) mass is 135 g/mol. The third-order valence-corrected chi connectivity index (χ3v) is 1.74. The fourth-order valence-electron chi connectivity index (χ4n) is 0.958. The second-order valence-electron chi connectivity index (χ2n) is 2.54. The summed E-state index contributed by atoms with van der Waals surface area (Å²) in [6.07, 6.45) is 1.08. The normalized spacial score (nSPS) is 9.80. The molecule has 0 aromatic heterocycles. The maximum atomic E-state index is 5.64. The minimum Gasteiger partial charge on any atom is -0.399 e. The van der Waals surface area contributed by atoms with Gasteiger partial charge in [0.25, 0.3) is 0 Å². The minimum atomic E-state index is 0.886. The number of nitrogens with two attached hydrogens (primary N) is 1. The van der Waals surface area contributed by atoms with Gasteiger partial charge in [-0.3, -0.25) is 0 Å². The lowest BCUT2D eigenvalue weighted by molar-refractivity contribution is 1.13. The molecular weight excluding hydrogens is 122 g/mol. The van der Waals surface area contributed by atoms with Gasteiger partial charge >= 0.3 is 0 Å². The Morgan fingerprint density at radius 3 is 2.60 bits per heavy atom. The summed E-state index contributed by atoms with van der Waals surface area (Å²) in [5.41, 5.74) is 9.06. The molecule has 1 nitrogen and oxygen atoms in total.